The quantitative estimate of drug-likeness (QED) is 0.409. The van der Waals surface area contributed by atoms with Crippen LogP contribution in [0.1, 0.15) is 44.5 Å². The zero-order chi connectivity index (χ0) is 21.8. The van der Waals surface area contributed by atoms with Crippen LogP contribution >= 0.6 is 23.1 Å². The number of nitrogens with zero attached hydrogens (tertiary/aromatic N) is 4. The number of anilines is 1. The molecular weight excluding hydrogens is 428 g/mol. The molecule has 166 valence electrons. The smallest absolute Gasteiger partial charge is 0.189 e. The number of hydrogen-bond donors (Lipinski definition) is 0. The van der Waals surface area contributed by atoms with Gasteiger partial charge in [-0.1, -0.05) is 25.6 Å². The first-order valence-electron chi connectivity index (χ1n) is 11.0. The Hall–Kier alpha value is -1.48. The average molecular weight is 459 g/mol. The second kappa shape index (κ2) is 8.14. The number of thiophene rings is 1. The van der Waals surface area contributed by atoms with Crippen molar-refractivity contribution in [2.45, 2.75) is 57.9 Å². The lowest BCUT2D eigenvalue weighted by atomic mass is 9.88. The summed E-state index contributed by atoms with van der Waals surface area (Å²) in [5, 5.41) is 2.03. The molecule has 1 saturated heterocycles. The van der Waals surface area contributed by atoms with E-state index in [1.165, 1.54) is 22.2 Å². The van der Waals surface area contributed by atoms with E-state index >= 15 is 0 Å². The van der Waals surface area contributed by atoms with E-state index in [0.29, 0.717) is 12.5 Å². The minimum atomic E-state index is -0.187. The van der Waals surface area contributed by atoms with Crippen LogP contribution in [0.25, 0.3) is 20.4 Å². The van der Waals surface area contributed by atoms with E-state index < -0.39 is 0 Å². The number of pyridine rings is 1. The third kappa shape index (κ3) is 3.92. The SMILES string of the molecule is CSc1nc(N2CCOCC2)c2sc3nc(CC(C)C)c4c(c3c2n1)CC(C)(C)OC4. The molecule has 2 aliphatic heterocycles. The lowest BCUT2D eigenvalue weighted by Crippen LogP contribution is -2.36. The highest BCUT2D eigenvalue weighted by atomic mass is 32.2. The molecule has 6 nitrogen and oxygen atoms in total. The number of morpholine rings is 1. The van der Waals surface area contributed by atoms with Crippen molar-refractivity contribution in [1.29, 1.82) is 0 Å². The van der Waals surface area contributed by atoms with Crippen LogP contribution in [0, 0.1) is 5.92 Å². The summed E-state index contributed by atoms with van der Waals surface area (Å²) in [6.07, 6.45) is 3.89. The van der Waals surface area contributed by atoms with E-state index in [4.69, 9.17) is 24.4 Å². The summed E-state index contributed by atoms with van der Waals surface area (Å²) in [6.45, 7) is 12.7. The standard InChI is InChI=1S/C23H30N4O2S2/c1-13(2)10-16-15-12-29-23(3,4)11-14(15)17-18-19(31-21(17)24-16)20(26-22(25-18)30-5)27-6-8-28-9-7-27/h13H,6-12H2,1-5H3. The third-order valence-corrected chi connectivity index (χ3v) is 7.65. The van der Waals surface area contributed by atoms with Gasteiger partial charge in [-0.3, -0.25) is 0 Å². The second-order valence-electron chi connectivity index (χ2n) is 9.43. The number of aromatic nitrogens is 3. The van der Waals surface area contributed by atoms with Crippen LogP contribution in [-0.4, -0.2) is 53.1 Å². The number of thioether (sulfide) groups is 1. The molecular formula is C23H30N4O2S2. The lowest BCUT2D eigenvalue weighted by molar-refractivity contribution is -0.0402. The molecule has 0 aromatic carbocycles. The van der Waals surface area contributed by atoms with Gasteiger partial charge in [-0.25, -0.2) is 15.0 Å². The van der Waals surface area contributed by atoms with E-state index in [1.807, 2.05) is 6.26 Å². The van der Waals surface area contributed by atoms with Crippen molar-refractivity contribution in [3.8, 4) is 0 Å². The molecule has 0 radical (unpaired) electrons. The minimum absolute atomic E-state index is 0.187. The fraction of sp³-hybridized carbons (Fsp3) is 0.609. The highest BCUT2D eigenvalue weighted by Gasteiger charge is 2.32. The van der Waals surface area contributed by atoms with Crippen LogP contribution in [0.15, 0.2) is 5.16 Å². The molecule has 3 aromatic heterocycles. The molecule has 0 N–H and O–H groups in total. The van der Waals surface area contributed by atoms with Crippen molar-refractivity contribution >= 4 is 49.3 Å². The van der Waals surface area contributed by atoms with E-state index in [0.717, 1.165) is 65.2 Å². The fourth-order valence-corrected chi connectivity index (χ4v) is 6.08. The number of ether oxygens (including phenoxy) is 2. The van der Waals surface area contributed by atoms with Crippen molar-refractivity contribution in [3.05, 3.63) is 16.8 Å². The van der Waals surface area contributed by atoms with E-state index in [-0.39, 0.29) is 5.60 Å². The third-order valence-electron chi connectivity index (χ3n) is 6.03. The van der Waals surface area contributed by atoms with Crippen LogP contribution in [0.3, 0.4) is 0 Å². The lowest BCUT2D eigenvalue weighted by Gasteiger charge is -2.33. The summed E-state index contributed by atoms with van der Waals surface area (Å²) < 4.78 is 13.0. The molecule has 0 spiro atoms. The number of hydrogen-bond acceptors (Lipinski definition) is 8. The maximum Gasteiger partial charge on any atom is 0.189 e. The molecule has 5 heterocycles. The van der Waals surface area contributed by atoms with E-state index in [1.54, 1.807) is 23.1 Å². The summed E-state index contributed by atoms with van der Waals surface area (Å²) in [6, 6.07) is 0. The molecule has 0 atom stereocenters. The van der Waals surface area contributed by atoms with Crippen LogP contribution in [0.4, 0.5) is 5.82 Å². The maximum absolute atomic E-state index is 6.22. The van der Waals surface area contributed by atoms with Gasteiger partial charge in [0.2, 0.25) is 0 Å². The molecule has 1 fully saturated rings. The average Bonchev–Trinajstić information content (AvgIpc) is 3.10. The molecule has 0 saturated carbocycles. The molecule has 2 aliphatic rings. The Morgan fingerprint density at radius 3 is 2.61 bits per heavy atom. The maximum atomic E-state index is 6.22. The van der Waals surface area contributed by atoms with Crippen molar-refractivity contribution in [1.82, 2.24) is 15.0 Å². The van der Waals surface area contributed by atoms with Gasteiger partial charge in [0.1, 0.15) is 4.83 Å². The van der Waals surface area contributed by atoms with Crippen molar-refractivity contribution < 1.29 is 9.47 Å². The number of rotatable bonds is 4. The van der Waals surface area contributed by atoms with Gasteiger partial charge >= 0.3 is 0 Å². The van der Waals surface area contributed by atoms with Crippen molar-refractivity contribution in [2.24, 2.45) is 5.92 Å². The Balaban J connectivity index is 1.80. The Morgan fingerprint density at radius 2 is 1.90 bits per heavy atom. The first kappa shape index (κ1) is 21.4. The summed E-state index contributed by atoms with van der Waals surface area (Å²) in [7, 11) is 0. The predicted octanol–water partition coefficient (Wildman–Crippen LogP) is 4.85. The zero-order valence-electron chi connectivity index (χ0n) is 18.9. The summed E-state index contributed by atoms with van der Waals surface area (Å²) in [4.78, 5) is 18.5. The summed E-state index contributed by atoms with van der Waals surface area (Å²) in [5.74, 6) is 1.58. The molecule has 0 amide bonds. The number of fused-ring (bicyclic) bond motifs is 5. The van der Waals surface area contributed by atoms with Gasteiger partial charge in [0.05, 0.1) is 35.6 Å². The summed E-state index contributed by atoms with van der Waals surface area (Å²) >= 11 is 3.35. The van der Waals surface area contributed by atoms with Gasteiger partial charge in [0.15, 0.2) is 11.0 Å². The van der Waals surface area contributed by atoms with Gasteiger partial charge in [0.25, 0.3) is 0 Å². The monoisotopic (exact) mass is 458 g/mol. The van der Waals surface area contributed by atoms with Crippen molar-refractivity contribution in [3.63, 3.8) is 0 Å². The molecule has 5 rings (SSSR count). The molecule has 0 aliphatic carbocycles. The van der Waals surface area contributed by atoms with Crippen LogP contribution < -0.4 is 4.90 Å². The summed E-state index contributed by atoms with van der Waals surface area (Å²) in [5.41, 5.74) is 4.70. The molecule has 0 unspecified atom stereocenters. The van der Waals surface area contributed by atoms with Gasteiger partial charge < -0.3 is 14.4 Å². The zero-order valence-corrected chi connectivity index (χ0v) is 20.6. The first-order valence-corrected chi connectivity index (χ1v) is 13.1. The minimum Gasteiger partial charge on any atom is -0.378 e. The Morgan fingerprint density at radius 1 is 1.13 bits per heavy atom. The highest BCUT2D eigenvalue weighted by molar-refractivity contribution is 7.98. The van der Waals surface area contributed by atoms with Crippen molar-refractivity contribution in [2.75, 3.05) is 37.5 Å². The highest BCUT2D eigenvalue weighted by Crippen LogP contribution is 2.44. The molecule has 31 heavy (non-hydrogen) atoms. The van der Waals surface area contributed by atoms with E-state index in [2.05, 4.69) is 32.6 Å². The van der Waals surface area contributed by atoms with E-state index in [9.17, 15) is 0 Å². The second-order valence-corrected chi connectivity index (χ2v) is 11.2. The van der Waals surface area contributed by atoms with Crippen LogP contribution in [0.5, 0.6) is 0 Å². The molecule has 0 bridgehead atoms. The van der Waals surface area contributed by atoms with Gasteiger partial charge in [-0.15, -0.1) is 11.3 Å². The first-order chi connectivity index (χ1) is 14.9. The van der Waals surface area contributed by atoms with Gasteiger partial charge in [0, 0.05) is 36.2 Å². The Labute approximate surface area is 191 Å². The van der Waals surface area contributed by atoms with Crippen LogP contribution in [0.2, 0.25) is 0 Å². The largest absolute Gasteiger partial charge is 0.378 e. The Bertz CT molecular complexity index is 1140. The molecule has 3 aromatic rings. The molecule has 8 heteroatoms. The van der Waals surface area contributed by atoms with Gasteiger partial charge in [-0.2, -0.15) is 0 Å². The normalized spacial score (nSPS) is 18.8. The predicted molar refractivity (Wildman–Crippen MR) is 129 cm³/mol. The Kier molecular flexibility index (Phi) is 5.61. The topological polar surface area (TPSA) is 60.4 Å². The van der Waals surface area contributed by atoms with Gasteiger partial charge in [-0.05, 0) is 38.0 Å². The fourth-order valence-electron chi connectivity index (χ4n) is 4.54. The van der Waals surface area contributed by atoms with Crippen LogP contribution in [-0.2, 0) is 28.9 Å².